The van der Waals surface area contributed by atoms with Gasteiger partial charge in [0, 0.05) is 12.2 Å². The van der Waals surface area contributed by atoms with Crippen molar-refractivity contribution >= 4 is 0 Å². The van der Waals surface area contributed by atoms with Crippen molar-refractivity contribution in [2.24, 2.45) is 0 Å². The molecular formula is C8H13N3O. The molecule has 1 aromatic rings. The number of H-pyrrole nitrogens is 1. The summed E-state index contributed by atoms with van der Waals surface area (Å²) >= 11 is 0. The maximum Gasteiger partial charge on any atom is 0.0643 e. The first-order valence-corrected chi connectivity index (χ1v) is 4.19. The molecule has 0 amide bonds. The highest BCUT2D eigenvalue weighted by Crippen LogP contribution is 2.11. The lowest BCUT2D eigenvalue weighted by molar-refractivity contribution is -0.00943. The van der Waals surface area contributed by atoms with Crippen LogP contribution < -0.4 is 5.32 Å². The molecule has 0 aromatic carbocycles. The molecule has 1 fully saturated rings. The molecule has 12 heavy (non-hydrogen) atoms. The van der Waals surface area contributed by atoms with Gasteiger partial charge >= 0.3 is 0 Å². The zero-order chi connectivity index (χ0) is 8.39. The van der Waals surface area contributed by atoms with Crippen LogP contribution in [-0.2, 0) is 4.74 Å². The van der Waals surface area contributed by atoms with E-state index in [1.54, 1.807) is 6.20 Å². The molecule has 2 rings (SSSR count). The average molecular weight is 167 g/mol. The lowest BCUT2D eigenvalue weighted by Gasteiger charge is -2.29. The third kappa shape index (κ3) is 1.49. The second-order valence-electron chi connectivity index (χ2n) is 3.13. The van der Waals surface area contributed by atoms with Crippen molar-refractivity contribution in [2.75, 3.05) is 13.2 Å². The van der Waals surface area contributed by atoms with Crippen molar-refractivity contribution in [3.63, 3.8) is 0 Å². The molecule has 1 aliphatic rings. The number of nitrogens with one attached hydrogen (secondary N) is 2. The summed E-state index contributed by atoms with van der Waals surface area (Å²) in [6.45, 7) is 3.78. The van der Waals surface area contributed by atoms with Gasteiger partial charge in [0.2, 0.25) is 0 Å². The van der Waals surface area contributed by atoms with E-state index in [2.05, 4.69) is 22.4 Å². The molecule has 1 unspecified atom stereocenters. The highest BCUT2D eigenvalue weighted by Gasteiger charge is 2.20. The monoisotopic (exact) mass is 167 g/mol. The van der Waals surface area contributed by atoms with Crippen LogP contribution in [0.5, 0.6) is 0 Å². The Labute approximate surface area is 71.3 Å². The highest BCUT2D eigenvalue weighted by atomic mass is 16.5. The van der Waals surface area contributed by atoms with Crippen molar-refractivity contribution in [3.8, 4) is 0 Å². The van der Waals surface area contributed by atoms with Crippen LogP contribution in [-0.4, -0.2) is 29.5 Å². The number of nitrogens with zero attached hydrogens (tertiary/aromatic N) is 1. The smallest absolute Gasteiger partial charge is 0.0643 e. The van der Waals surface area contributed by atoms with E-state index < -0.39 is 0 Å². The minimum Gasteiger partial charge on any atom is -0.378 e. The molecule has 0 bridgehead atoms. The number of aromatic nitrogens is 2. The molecule has 1 aromatic heterocycles. The van der Waals surface area contributed by atoms with Crippen LogP contribution in [0.2, 0.25) is 0 Å². The molecule has 0 saturated carbocycles. The van der Waals surface area contributed by atoms with Gasteiger partial charge in [-0.25, -0.2) is 0 Å². The van der Waals surface area contributed by atoms with Crippen LogP contribution in [0.25, 0.3) is 0 Å². The van der Waals surface area contributed by atoms with Gasteiger partial charge in [-0.2, -0.15) is 5.10 Å². The maximum absolute atomic E-state index is 5.06. The number of aromatic amines is 1. The summed E-state index contributed by atoms with van der Waals surface area (Å²) in [5, 5.41) is 10.3. The molecule has 0 radical (unpaired) electrons. The Balaban J connectivity index is 1.87. The van der Waals surface area contributed by atoms with E-state index in [1.807, 2.05) is 6.07 Å². The fourth-order valence-corrected chi connectivity index (χ4v) is 1.28. The summed E-state index contributed by atoms with van der Waals surface area (Å²) in [5.74, 6) is 0. The molecule has 4 nitrogen and oxygen atoms in total. The first kappa shape index (κ1) is 7.76. The SMILES string of the molecule is CC(NC1COC1)c1ccn[nH]1. The summed E-state index contributed by atoms with van der Waals surface area (Å²) in [7, 11) is 0. The predicted molar refractivity (Wildman–Crippen MR) is 44.7 cm³/mol. The highest BCUT2D eigenvalue weighted by molar-refractivity contribution is 5.03. The van der Waals surface area contributed by atoms with E-state index in [1.165, 1.54) is 0 Å². The molecular weight excluding hydrogens is 154 g/mol. The summed E-state index contributed by atoms with van der Waals surface area (Å²) in [5.41, 5.74) is 1.13. The predicted octanol–water partition coefficient (Wildman–Crippen LogP) is 0.459. The first-order chi connectivity index (χ1) is 5.86. The van der Waals surface area contributed by atoms with Gasteiger partial charge in [0.05, 0.1) is 24.9 Å². The van der Waals surface area contributed by atoms with Crippen molar-refractivity contribution in [2.45, 2.75) is 19.0 Å². The third-order valence-corrected chi connectivity index (χ3v) is 2.11. The third-order valence-electron chi connectivity index (χ3n) is 2.11. The molecule has 0 spiro atoms. The second kappa shape index (κ2) is 3.25. The Bertz CT molecular complexity index is 230. The van der Waals surface area contributed by atoms with Gasteiger partial charge < -0.3 is 10.1 Å². The van der Waals surface area contributed by atoms with E-state index in [0.717, 1.165) is 18.9 Å². The van der Waals surface area contributed by atoms with Gasteiger partial charge in [0.15, 0.2) is 0 Å². The maximum atomic E-state index is 5.06. The van der Waals surface area contributed by atoms with E-state index in [4.69, 9.17) is 4.74 Å². The summed E-state index contributed by atoms with van der Waals surface area (Å²) in [6.07, 6.45) is 1.77. The van der Waals surface area contributed by atoms with Gasteiger partial charge in [0.1, 0.15) is 0 Å². The molecule has 66 valence electrons. The van der Waals surface area contributed by atoms with Gasteiger partial charge in [-0.05, 0) is 13.0 Å². The fourth-order valence-electron chi connectivity index (χ4n) is 1.28. The molecule has 1 atom stereocenters. The van der Waals surface area contributed by atoms with Crippen LogP contribution in [0.3, 0.4) is 0 Å². The van der Waals surface area contributed by atoms with E-state index >= 15 is 0 Å². The Morgan fingerprint density at radius 2 is 2.58 bits per heavy atom. The number of rotatable bonds is 3. The molecule has 0 aliphatic carbocycles. The fraction of sp³-hybridized carbons (Fsp3) is 0.625. The summed E-state index contributed by atoms with van der Waals surface area (Å²) in [6, 6.07) is 2.83. The molecule has 2 heterocycles. The number of hydrogen-bond acceptors (Lipinski definition) is 3. The van der Waals surface area contributed by atoms with Gasteiger partial charge in [-0.1, -0.05) is 0 Å². The van der Waals surface area contributed by atoms with Gasteiger partial charge in [-0.15, -0.1) is 0 Å². The Morgan fingerprint density at radius 3 is 3.08 bits per heavy atom. The Morgan fingerprint density at radius 1 is 1.75 bits per heavy atom. The minimum atomic E-state index is 0.335. The van der Waals surface area contributed by atoms with Crippen LogP contribution >= 0.6 is 0 Å². The van der Waals surface area contributed by atoms with E-state index in [-0.39, 0.29) is 0 Å². The molecule has 1 aliphatic heterocycles. The zero-order valence-electron chi connectivity index (χ0n) is 7.08. The second-order valence-corrected chi connectivity index (χ2v) is 3.13. The van der Waals surface area contributed by atoms with Gasteiger partial charge in [0.25, 0.3) is 0 Å². The van der Waals surface area contributed by atoms with Crippen LogP contribution in [0, 0.1) is 0 Å². The van der Waals surface area contributed by atoms with E-state index in [0.29, 0.717) is 12.1 Å². The molecule has 1 saturated heterocycles. The average Bonchev–Trinajstić information content (AvgIpc) is 2.47. The lowest BCUT2D eigenvalue weighted by Crippen LogP contribution is -2.46. The number of hydrogen-bond donors (Lipinski definition) is 2. The minimum absolute atomic E-state index is 0.335. The summed E-state index contributed by atoms with van der Waals surface area (Å²) < 4.78 is 5.06. The molecule has 2 N–H and O–H groups in total. The standard InChI is InChI=1S/C8H13N3O/c1-6(8-2-3-9-11-8)10-7-4-12-5-7/h2-3,6-7,10H,4-5H2,1H3,(H,9,11). The van der Waals surface area contributed by atoms with Crippen LogP contribution in [0.1, 0.15) is 18.7 Å². The largest absolute Gasteiger partial charge is 0.378 e. The normalized spacial score (nSPS) is 20.4. The Kier molecular flexibility index (Phi) is 2.10. The first-order valence-electron chi connectivity index (χ1n) is 4.19. The van der Waals surface area contributed by atoms with Crippen molar-refractivity contribution in [1.29, 1.82) is 0 Å². The Hall–Kier alpha value is -0.870. The quantitative estimate of drug-likeness (QED) is 0.687. The van der Waals surface area contributed by atoms with Crippen LogP contribution in [0.4, 0.5) is 0 Å². The van der Waals surface area contributed by atoms with Gasteiger partial charge in [-0.3, -0.25) is 5.10 Å². The van der Waals surface area contributed by atoms with Crippen molar-refractivity contribution < 1.29 is 4.74 Å². The van der Waals surface area contributed by atoms with E-state index in [9.17, 15) is 0 Å². The van der Waals surface area contributed by atoms with Crippen molar-refractivity contribution in [3.05, 3.63) is 18.0 Å². The number of ether oxygens (including phenoxy) is 1. The van der Waals surface area contributed by atoms with Crippen molar-refractivity contribution in [1.82, 2.24) is 15.5 Å². The van der Waals surface area contributed by atoms with Crippen LogP contribution in [0.15, 0.2) is 12.3 Å². The zero-order valence-corrected chi connectivity index (χ0v) is 7.08. The lowest BCUT2D eigenvalue weighted by atomic mass is 10.2. The topological polar surface area (TPSA) is 49.9 Å². The summed E-state index contributed by atoms with van der Waals surface area (Å²) in [4.78, 5) is 0. The molecule has 4 heteroatoms.